The molecule has 1 aliphatic heterocycles. The van der Waals surface area contributed by atoms with Gasteiger partial charge >= 0.3 is 0 Å². The van der Waals surface area contributed by atoms with Crippen LogP contribution in [0.4, 0.5) is 4.39 Å². The van der Waals surface area contributed by atoms with Crippen LogP contribution in [-0.4, -0.2) is 25.0 Å². The lowest BCUT2D eigenvalue weighted by Gasteiger charge is -2.29. The largest absolute Gasteiger partial charge is 0.349 e. The van der Waals surface area contributed by atoms with Crippen LogP contribution in [0.2, 0.25) is 5.02 Å². The molecule has 2 rings (SSSR count). The van der Waals surface area contributed by atoms with Crippen LogP contribution in [0.5, 0.6) is 0 Å². The topological polar surface area (TPSA) is 41.1 Å². The van der Waals surface area contributed by atoms with Gasteiger partial charge in [-0.05, 0) is 57.0 Å². The molecule has 1 amide bonds. The maximum absolute atomic E-state index is 13.6. The predicted molar refractivity (Wildman–Crippen MR) is 73.9 cm³/mol. The van der Waals surface area contributed by atoms with E-state index in [9.17, 15) is 9.18 Å². The number of amides is 1. The zero-order valence-corrected chi connectivity index (χ0v) is 11.6. The fourth-order valence-electron chi connectivity index (χ4n) is 2.38. The van der Waals surface area contributed by atoms with Gasteiger partial charge in [-0.1, -0.05) is 11.6 Å². The maximum atomic E-state index is 13.6. The van der Waals surface area contributed by atoms with Gasteiger partial charge in [-0.3, -0.25) is 4.79 Å². The van der Waals surface area contributed by atoms with Crippen molar-refractivity contribution in [3.8, 4) is 0 Å². The molecule has 0 aliphatic carbocycles. The average molecular weight is 285 g/mol. The van der Waals surface area contributed by atoms with Crippen LogP contribution in [0.15, 0.2) is 18.2 Å². The highest BCUT2D eigenvalue weighted by atomic mass is 35.5. The summed E-state index contributed by atoms with van der Waals surface area (Å²) >= 11 is 5.79. The smallest absolute Gasteiger partial charge is 0.254 e. The summed E-state index contributed by atoms with van der Waals surface area (Å²) in [5, 5.41) is 6.52. The highest BCUT2D eigenvalue weighted by Crippen LogP contribution is 2.17. The van der Waals surface area contributed by atoms with Crippen molar-refractivity contribution >= 4 is 17.5 Å². The second kappa shape index (κ2) is 6.35. The summed E-state index contributed by atoms with van der Waals surface area (Å²) in [6.07, 6.45) is 2.18. The third kappa shape index (κ3) is 3.67. The number of rotatable bonds is 3. The molecule has 1 saturated heterocycles. The molecule has 0 radical (unpaired) electrons. The number of carbonyl (C=O) groups is 1. The Morgan fingerprint density at radius 1 is 1.58 bits per heavy atom. The highest BCUT2D eigenvalue weighted by molar-refractivity contribution is 6.31. The van der Waals surface area contributed by atoms with Crippen LogP contribution in [0.3, 0.4) is 0 Å². The van der Waals surface area contributed by atoms with Gasteiger partial charge in [0.15, 0.2) is 0 Å². The van der Waals surface area contributed by atoms with Crippen LogP contribution < -0.4 is 10.6 Å². The highest BCUT2D eigenvalue weighted by Gasteiger charge is 2.22. The van der Waals surface area contributed by atoms with Crippen molar-refractivity contribution in [2.45, 2.75) is 25.8 Å². The summed E-state index contributed by atoms with van der Waals surface area (Å²) in [6.45, 7) is 3.87. The summed E-state index contributed by atoms with van der Waals surface area (Å²) in [5.74, 6) is -0.561. The van der Waals surface area contributed by atoms with Crippen molar-refractivity contribution in [1.29, 1.82) is 0 Å². The van der Waals surface area contributed by atoms with Crippen LogP contribution >= 0.6 is 11.6 Å². The molecule has 1 aliphatic rings. The SMILES string of the molecule is CC(NC(=O)c1cc(Cl)ccc1F)C1CCCNC1. The molecule has 0 spiro atoms. The molecule has 2 N–H and O–H groups in total. The second-order valence-corrected chi connectivity index (χ2v) is 5.43. The van der Waals surface area contributed by atoms with Crippen LogP contribution in [-0.2, 0) is 0 Å². The normalized spacial score (nSPS) is 20.9. The van der Waals surface area contributed by atoms with Crippen molar-refractivity contribution in [2.75, 3.05) is 13.1 Å². The molecule has 0 bridgehead atoms. The third-order valence-corrected chi connectivity index (χ3v) is 3.81. The molecule has 5 heteroatoms. The minimum atomic E-state index is -0.545. The number of benzene rings is 1. The first kappa shape index (κ1) is 14.3. The van der Waals surface area contributed by atoms with Crippen molar-refractivity contribution < 1.29 is 9.18 Å². The van der Waals surface area contributed by atoms with E-state index in [2.05, 4.69) is 10.6 Å². The lowest BCUT2D eigenvalue weighted by Crippen LogP contribution is -2.44. The van der Waals surface area contributed by atoms with Gasteiger partial charge in [-0.2, -0.15) is 0 Å². The van der Waals surface area contributed by atoms with Gasteiger partial charge in [0, 0.05) is 11.1 Å². The molecule has 19 heavy (non-hydrogen) atoms. The van der Waals surface area contributed by atoms with E-state index >= 15 is 0 Å². The van der Waals surface area contributed by atoms with Gasteiger partial charge < -0.3 is 10.6 Å². The maximum Gasteiger partial charge on any atom is 0.254 e. The molecule has 1 heterocycles. The average Bonchev–Trinajstić information content (AvgIpc) is 2.42. The van der Waals surface area contributed by atoms with E-state index < -0.39 is 11.7 Å². The predicted octanol–water partition coefficient (Wildman–Crippen LogP) is 2.60. The molecule has 2 atom stereocenters. The molecule has 2 unspecified atom stereocenters. The second-order valence-electron chi connectivity index (χ2n) is 4.99. The number of carbonyl (C=O) groups excluding carboxylic acids is 1. The third-order valence-electron chi connectivity index (χ3n) is 3.57. The Bertz CT molecular complexity index is 461. The van der Waals surface area contributed by atoms with Gasteiger partial charge in [0.25, 0.3) is 5.91 Å². The molecule has 0 saturated carbocycles. The number of piperidine rings is 1. The first-order valence-corrected chi connectivity index (χ1v) is 6.92. The molecule has 1 fully saturated rings. The number of hydrogen-bond donors (Lipinski definition) is 2. The summed E-state index contributed by atoms with van der Waals surface area (Å²) in [7, 11) is 0. The van der Waals surface area contributed by atoms with Crippen molar-refractivity contribution in [1.82, 2.24) is 10.6 Å². The molecule has 104 valence electrons. The number of halogens is 2. The molecular weight excluding hydrogens is 267 g/mol. The Labute approximate surface area is 117 Å². The van der Waals surface area contributed by atoms with Gasteiger partial charge in [-0.25, -0.2) is 4.39 Å². The fourth-order valence-corrected chi connectivity index (χ4v) is 2.55. The van der Waals surface area contributed by atoms with E-state index in [1.54, 1.807) is 0 Å². The lowest BCUT2D eigenvalue weighted by atomic mass is 9.92. The van der Waals surface area contributed by atoms with Gasteiger partial charge in [0.05, 0.1) is 5.56 Å². The van der Waals surface area contributed by atoms with Gasteiger partial charge in [0.2, 0.25) is 0 Å². The molecule has 1 aromatic carbocycles. The summed E-state index contributed by atoms with van der Waals surface area (Å²) in [6, 6.07) is 4.02. The van der Waals surface area contributed by atoms with Crippen molar-refractivity contribution in [2.24, 2.45) is 5.92 Å². The Kier molecular flexibility index (Phi) is 4.77. The van der Waals surface area contributed by atoms with E-state index in [0.29, 0.717) is 10.9 Å². The van der Waals surface area contributed by atoms with E-state index in [4.69, 9.17) is 11.6 Å². The van der Waals surface area contributed by atoms with E-state index in [0.717, 1.165) is 25.9 Å². The Morgan fingerprint density at radius 2 is 2.37 bits per heavy atom. The molecule has 3 nitrogen and oxygen atoms in total. The standard InChI is InChI=1S/C14H18ClFN2O/c1-9(10-3-2-6-17-8-10)18-14(19)12-7-11(15)4-5-13(12)16/h4-5,7,9-10,17H,2-3,6,8H2,1H3,(H,18,19). The van der Waals surface area contributed by atoms with Crippen LogP contribution in [0, 0.1) is 11.7 Å². The van der Waals surface area contributed by atoms with E-state index in [1.165, 1.54) is 18.2 Å². The lowest BCUT2D eigenvalue weighted by molar-refractivity contribution is 0.0918. The monoisotopic (exact) mass is 284 g/mol. The Hall–Kier alpha value is -1.13. The summed E-state index contributed by atoms with van der Waals surface area (Å²) in [4.78, 5) is 12.0. The molecule has 1 aromatic rings. The van der Waals surface area contributed by atoms with Crippen LogP contribution in [0.1, 0.15) is 30.1 Å². The van der Waals surface area contributed by atoms with Gasteiger partial charge in [-0.15, -0.1) is 0 Å². The summed E-state index contributed by atoms with van der Waals surface area (Å²) < 4.78 is 13.6. The van der Waals surface area contributed by atoms with Gasteiger partial charge in [0.1, 0.15) is 5.82 Å². The van der Waals surface area contributed by atoms with E-state index in [1.807, 2.05) is 6.92 Å². The molecular formula is C14H18ClFN2O. The zero-order valence-electron chi connectivity index (χ0n) is 10.9. The minimum absolute atomic E-state index is 0.00289. The van der Waals surface area contributed by atoms with E-state index in [-0.39, 0.29) is 11.6 Å². The zero-order chi connectivity index (χ0) is 13.8. The minimum Gasteiger partial charge on any atom is -0.349 e. The Balaban J connectivity index is 2.01. The quantitative estimate of drug-likeness (QED) is 0.896. The van der Waals surface area contributed by atoms with Crippen molar-refractivity contribution in [3.63, 3.8) is 0 Å². The molecule has 0 aromatic heterocycles. The number of nitrogens with one attached hydrogen (secondary N) is 2. The summed E-state index contributed by atoms with van der Waals surface area (Å²) in [5.41, 5.74) is 0.00289. The Morgan fingerprint density at radius 3 is 3.05 bits per heavy atom. The van der Waals surface area contributed by atoms with Crippen LogP contribution in [0.25, 0.3) is 0 Å². The van der Waals surface area contributed by atoms with Crippen molar-refractivity contribution in [3.05, 3.63) is 34.6 Å². The fraction of sp³-hybridized carbons (Fsp3) is 0.500. The first-order chi connectivity index (χ1) is 9.08. The first-order valence-electron chi connectivity index (χ1n) is 6.54. The number of hydrogen-bond acceptors (Lipinski definition) is 2.